The Balaban J connectivity index is 2.06. The first kappa shape index (κ1) is 14.2. The van der Waals surface area contributed by atoms with Gasteiger partial charge in [0.05, 0.1) is 0 Å². The fourth-order valence-electron chi connectivity index (χ4n) is 2.28. The summed E-state index contributed by atoms with van der Waals surface area (Å²) < 4.78 is 0. The topological polar surface area (TPSA) is 42.1 Å². The van der Waals surface area contributed by atoms with Gasteiger partial charge in [-0.2, -0.15) is 0 Å². The predicted octanol–water partition coefficient (Wildman–Crippen LogP) is 2.71. The van der Waals surface area contributed by atoms with Gasteiger partial charge in [-0.05, 0) is 43.5 Å². The van der Waals surface area contributed by atoms with Gasteiger partial charge in [0.1, 0.15) is 0 Å². The zero-order chi connectivity index (χ0) is 13.7. The molecule has 0 fully saturated rings. The molecule has 2 aromatic rings. The van der Waals surface area contributed by atoms with Crippen LogP contribution in [0.15, 0.2) is 42.0 Å². The van der Waals surface area contributed by atoms with Crippen molar-refractivity contribution >= 4 is 11.3 Å². The van der Waals surface area contributed by atoms with Gasteiger partial charge in [-0.25, -0.2) is 0 Å². The summed E-state index contributed by atoms with van der Waals surface area (Å²) in [5, 5.41) is 2.13. The van der Waals surface area contributed by atoms with Crippen molar-refractivity contribution in [2.75, 3.05) is 13.6 Å². The second-order valence-corrected chi connectivity index (χ2v) is 5.87. The van der Waals surface area contributed by atoms with Crippen molar-refractivity contribution in [1.29, 1.82) is 0 Å². The second-order valence-electron chi connectivity index (χ2n) is 4.84. The highest BCUT2D eigenvalue weighted by atomic mass is 32.1. The van der Waals surface area contributed by atoms with E-state index < -0.39 is 0 Å². The molecule has 102 valence electrons. The number of thiophene rings is 1. The molecule has 0 spiro atoms. The molecule has 0 aliphatic heterocycles. The van der Waals surface area contributed by atoms with Gasteiger partial charge in [0.15, 0.2) is 0 Å². The smallest absolute Gasteiger partial charge is 0.0485 e. The number of rotatable bonds is 6. The lowest BCUT2D eigenvalue weighted by molar-refractivity contribution is 0.188. The van der Waals surface area contributed by atoms with E-state index in [0.717, 1.165) is 6.42 Å². The first-order chi connectivity index (χ1) is 9.22. The van der Waals surface area contributed by atoms with Crippen molar-refractivity contribution in [3.05, 3.63) is 52.5 Å². The highest BCUT2D eigenvalue weighted by Gasteiger charge is 2.20. The fourth-order valence-corrected chi connectivity index (χ4v) is 3.11. The maximum Gasteiger partial charge on any atom is 0.0485 e. The van der Waals surface area contributed by atoms with Gasteiger partial charge in [-0.1, -0.05) is 12.1 Å². The molecule has 0 aliphatic rings. The maximum absolute atomic E-state index is 5.95. The van der Waals surface area contributed by atoms with Crippen LogP contribution in [0.5, 0.6) is 0 Å². The number of hydrogen-bond donors (Lipinski definition) is 1. The highest BCUT2D eigenvalue weighted by Crippen LogP contribution is 2.22. The third-order valence-corrected chi connectivity index (χ3v) is 4.45. The Morgan fingerprint density at radius 1 is 1.37 bits per heavy atom. The first-order valence-corrected chi connectivity index (χ1v) is 7.44. The van der Waals surface area contributed by atoms with E-state index in [1.165, 1.54) is 10.4 Å². The van der Waals surface area contributed by atoms with E-state index in [0.29, 0.717) is 12.6 Å². The third kappa shape index (κ3) is 3.62. The van der Waals surface area contributed by atoms with Gasteiger partial charge >= 0.3 is 0 Å². The van der Waals surface area contributed by atoms with Crippen LogP contribution >= 0.6 is 11.3 Å². The van der Waals surface area contributed by atoms with Gasteiger partial charge in [0.25, 0.3) is 0 Å². The predicted molar refractivity (Wildman–Crippen MR) is 81.3 cm³/mol. The number of nitrogens with zero attached hydrogens (tertiary/aromatic N) is 2. The van der Waals surface area contributed by atoms with Crippen molar-refractivity contribution in [2.24, 2.45) is 5.73 Å². The molecule has 2 N–H and O–H groups in total. The summed E-state index contributed by atoms with van der Waals surface area (Å²) >= 11 is 1.81. The number of likely N-dealkylation sites (N-methyl/N-ethyl adjacent to an activating group) is 1. The summed E-state index contributed by atoms with van der Waals surface area (Å²) in [5.41, 5.74) is 7.14. The van der Waals surface area contributed by atoms with Gasteiger partial charge in [0.2, 0.25) is 0 Å². The van der Waals surface area contributed by atoms with Crippen molar-refractivity contribution < 1.29 is 0 Å². The molecule has 4 heteroatoms. The summed E-state index contributed by atoms with van der Waals surface area (Å²) in [6.45, 7) is 2.86. The van der Waals surface area contributed by atoms with E-state index in [-0.39, 0.29) is 6.04 Å². The Morgan fingerprint density at radius 3 is 2.79 bits per heavy atom. The van der Waals surface area contributed by atoms with Crippen LogP contribution in [0, 0.1) is 0 Å². The van der Waals surface area contributed by atoms with Gasteiger partial charge in [-0.3, -0.25) is 9.88 Å². The SMILES string of the molecule is CC(Cc1cccs1)N(C)C(CN)c1cccnc1. The second kappa shape index (κ2) is 6.80. The van der Waals surface area contributed by atoms with Gasteiger partial charge in [0, 0.05) is 35.9 Å². The number of nitrogens with two attached hydrogens (primary N) is 1. The quantitative estimate of drug-likeness (QED) is 0.881. The van der Waals surface area contributed by atoms with Crippen LogP contribution in [-0.4, -0.2) is 29.5 Å². The van der Waals surface area contributed by atoms with Crippen LogP contribution in [0.4, 0.5) is 0 Å². The molecule has 0 saturated carbocycles. The Labute approximate surface area is 119 Å². The van der Waals surface area contributed by atoms with E-state index in [1.807, 2.05) is 23.6 Å². The standard InChI is InChI=1S/C15H21N3S/c1-12(9-14-6-4-8-19-14)18(2)15(10-16)13-5-3-7-17-11-13/h3-8,11-12,15H,9-10,16H2,1-2H3. The fraction of sp³-hybridized carbons (Fsp3) is 0.400. The summed E-state index contributed by atoms with van der Waals surface area (Å²) in [6, 6.07) is 9.04. The molecular weight excluding hydrogens is 254 g/mol. The van der Waals surface area contributed by atoms with E-state index >= 15 is 0 Å². The van der Waals surface area contributed by atoms with Crippen molar-refractivity contribution in [3.8, 4) is 0 Å². The van der Waals surface area contributed by atoms with Crippen LogP contribution in [0.3, 0.4) is 0 Å². The Hall–Kier alpha value is -1.23. The van der Waals surface area contributed by atoms with E-state index in [9.17, 15) is 0 Å². The molecule has 2 atom stereocenters. The van der Waals surface area contributed by atoms with Crippen LogP contribution in [-0.2, 0) is 6.42 Å². The lowest BCUT2D eigenvalue weighted by Crippen LogP contribution is -2.38. The lowest BCUT2D eigenvalue weighted by Gasteiger charge is -2.32. The van der Waals surface area contributed by atoms with Gasteiger partial charge < -0.3 is 5.73 Å². The molecule has 0 amide bonds. The monoisotopic (exact) mass is 275 g/mol. The minimum absolute atomic E-state index is 0.226. The van der Waals surface area contributed by atoms with Crippen molar-refractivity contribution in [1.82, 2.24) is 9.88 Å². The third-order valence-electron chi connectivity index (χ3n) is 3.56. The molecule has 0 radical (unpaired) electrons. The van der Waals surface area contributed by atoms with E-state index in [4.69, 9.17) is 5.73 Å². The molecule has 0 saturated heterocycles. The number of pyridine rings is 1. The van der Waals surface area contributed by atoms with Crippen LogP contribution in [0.2, 0.25) is 0 Å². The summed E-state index contributed by atoms with van der Waals surface area (Å²) in [7, 11) is 2.14. The Kier molecular flexibility index (Phi) is 5.07. The van der Waals surface area contributed by atoms with Crippen LogP contribution in [0.1, 0.15) is 23.4 Å². The molecule has 2 aromatic heterocycles. The van der Waals surface area contributed by atoms with E-state index in [2.05, 4.69) is 47.4 Å². The zero-order valence-electron chi connectivity index (χ0n) is 11.5. The molecule has 0 bridgehead atoms. The Morgan fingerprint density at radius 2 is 2.21 bits per heavy atom. The van der Waals surface area contributed by atoms with Crippen molar-refractivity contribution in [3.63, 3.8) is 0 Å². The lowest BCUT2D eigenvalue weighted by atomic mass is 10.0. The average Bonchev–Trinajstić information content (AvgIpc) is 2.93. The zero-order valence-corrected chi connectivity index (χ0v) is 12.3. The minimum atomic E-state index is 0.226. The summed E-state index contributed by atoms with van der Waals surface area (Å²) in [4.78, 5) is 7.95. The summed E-state index contributed by atoms with van der Waals surface area (Å²) in [5.74, 6) is 0. The molecule has 2 heterocycles. The summed E-state index contributed by atoms with van der Waals surface area (Å²) in [6.07, 6.45) is 4.77. The van der Waals surface area contributed by atoms with Crippen molar-refractivity contribution in [2.45, 2.75) is 25.4 Å². The van der Waals surface area contributed by atoms with Crippen LogP contribution in [0.25, 0.3) is 0 Å². The first-order valence-electron chi connectivity index (χ1n) is 6.56. The van der Waals surface area contributed by atoms with Crippen LogP contribution < -0.4 is 5.73 Å². The average molecular weight is 275 g/mol. The molecule has 0 aromatic carbocycles. The minimum Gasteiger partial charge on any atom is -0.329 e. The molecule has 3 nitrogen and oxygen atoms in total. The molecule has 0 aliphatic carbocycles. The van der Waals surface area contributed by atoms with Gasteiger partial charge in [-0.15, -0.1) is 11.3 Å². The molecular formula is C15H21N3S. The van der Waals surface area contributed by atoms with E-state index in [1.54, 1.807) is 6.20 Å². The molecule has 19 heavy (non-hydrogen) atoms. The number of aromatic nitrogens is 1. The Bertz CT molecular complexity index is 469. The number of hydrogen-bond acceptors (Lipinski definition) is 4. The molecule has 2 rings (SSSR count). The normalized spacial score (nSPS) is 14.5. The highest BCUT2D eigenvalue weighted by molar-refractivity contribution is 7.09. The maximum atomic E-state index is 5.95. The molecule has 2 unspecified atom stereocenters. The largest absolute Gasteiger partial charge is 0.329 e.